The number of rotatable bonds is 4. The van der Waals surface area contributed by atoms with Crippen LogP contribution >= 0.6 is 11.6 Å². The summed E-state index contributed by atoms with van der Waals surface area (Å²) < 4.78 is 0. The molecule has 1 atom stereocenters. The van der Waals surface area contributed by atoms with E-state index in [1.807, 2.05) is 0 Å². The maximum Gasteiger partial charge on any atom is 0.320 e. The van der Waals surface area contributed by atoms with Gasteiger partial charge in [-0.25, -0.2) is 0 Å². The highest BCUT2D eigenvalue weighted by Gasteiger charge is 2.19. The summed E-state index contributed by atoms with van der Waals surface area (Å²) in [6.07, 6.45) is -0.133. The first-order chi connectivity index (χ1) is 7.41. The Balaban J connectivity index is 3.05. The van der Waals surface area contributed by atoms with Crippen molar-refractivity contribution in [3.8, 4) is 0 Å². The van der Waals surface area contributed by atoms with Crippen molar-refractivity contribution in [3.05, 3.63) is 38.9 Å². The van der Waals surface area contributed by atoms with Gasteiger partial charge in [-0.3, -0.25) is 14.9 Å². The zero-order valence-corrected chi connectivity index (χ0v) is 8.85. The Morgan fingerprint density at radius 3 is 2.75 bits per heavy atom. The number of nitro benzene ring substituents is 1. The van der Waals surface area contributed by atoms with E-state index in [0.29, 0.717) is 5.02 Å². The van der Waals surface area contributed by atoms with Gasteiger partial charge >= 0.3 is 5.97 Å². The van der Waals surface area contributed by atoms with Gasteiger partial charge < -0.3 is 10.8 Å². The third kappa shape index (κ3) is 2.91. The Morgan fingerprint density at radius 2 is 2.25 bits per heavy atom. The molecule has 0 bridgehead atoms. The fraction of sp³-hybridized carbons (Fsp3) is 0.222. The van der Waals surface area contributed by atoms with E-state index in [0.717, 1.165) is 0 Å². The van der Waals surface area contributed by atoms with Crippen LogP contribution in [0.15, 0.2) is 18.2 Å². The van der Waals surface area contributed by atoms with E-state index in [2.05, 4.69) is 0 Å². The molecule has 0 aliphatic heterocycles. The van der Waals surface area contributed by atoms with Gasteiger partial charge in [-0.1, -0.05) is 11.6 Å². The monoisotopic (exact) mass is 244 g/mol. The molecule has 0 radical (unpaired) electrons. The number of carboxylic acid groups (broad SMARTS) is 1. The molecule has 0 amide bonds. The van der Waals surface area contributed by atoms with E-state index < -0.39 is 16.9 Å². The van der Waals surface area contributed by atoms with Gasteiger partial charge in [0.15, 0.2) is 0 Å². The number of hydrogen-bond acceptors (Lipinski definition) is 4. The van der Waals surface area contributed by atoms with Crippen LogP contribution in [0.2, 0.25) is 5.02 Å². The number of hydrogen-bond donors (Lipinski definition) is 2. The van der Waals surface area contributed by atoms with Crippen molar-refractivity contribution in [1.29, 1.82) is 0 Å². The maximum absolute atomic E-state index is 10.7. The van der Waals surface area contributed by atoms with Crippen molar-refractivity contribution >= 4 is 23.3 Å². The van der Waals surface area contributed by atoms with Gasteiger partial charge in [0, 0.05) is 23.1 Å². The van der Waals surface area contributed by atoms with E-state index in [1.165, 1.54) is 18.2 Å². The quantitative estimate of drug-likeness (QED) is 0.611. The highest BCUT2D eigenvalue weighted by Crippen LogP contribution is 2.23. The van der Waals surface area contributed by atoms with Crippen LogP contribution in [0.4, 0.5) is 5.69 Å². The normalized spacial score (nSPS) is 12.1. The molecule has 0 spiro atoms. The summed E-state index contributed by atoms with van der Waals surface area (Å²) in [5.74, 6) is -1.21. The predicted molar refractivity (Wildman–Crippen MR) is 57.4 cm³/mol. The van der Waals surface area contributed by atoms with Crippen LogP contribution in [0.3, 0.4) is 0 Å². The zero-order valence-electron chi connectivity index (χ0n) is 8.09. The summed E-state index contributed by atoms with van der Waals surface area (Å²) in [5, 5.41) is 19.6. The standard InChI is InChI=1S/C9H9ClN2O4/c10-6-1-2-8(12(15)16)5(3-6)4-7(11)9(13)14/h1-3,7H,4,11H2,(H,13,14)/t7-/m1/s1. The number of carbonyl (C=O) groups is 1. The van der Waals surface area contributed by atoms with Crippen LogP contribution < -0.4 is 5.73 Å². The van der Waals surface area contributed by atoms with E-state index in [4.69, 9.17) is 22.4 Å². The summed E-state index contributed by atoms with van der Waals surface area (Å²) in [5.41, 5.74) is 5.34. The number of carboxylic acids is 1. The lowest BCUT2D eigenvalue weighted by atomic mass is 10.0. The van der Waals surface area contributed by atoms with Crippen LogP contribution in [0.1, 0.15) is 5.56 Å². The smallest absolute Gasteiger partial charge is 0.320 e. The van der Waals surface area contributed by atoms with Crippen molar-refractivity contribution < 1.29 is 14.8 Å². The molecular weight excluding hydrogens is 236 g/mol. The molecule has 0 saturated carbocycles. The number of nitro groups is 1. The summed E-state index contributed by atoms with van der Waals surface area (Å²) in [7, 11) is 0. The van der Waals surface area contributed by atoms with Gasteiger partial charge in [-0.05, 0) is 12.1 Å². The molecule has 0 heterocycles. The Labute approximate surface area is 95.8 Å². The first-order valence-electron chi connectivity index (χ1n) is 4.33. The van der Waals surface area contributed by atoms with Crippen LogP contribution in [-0.4, -0.2) is 22.0 Å². The molecule has 0 aliphatic rings. The lowest BCUT2D eigenvalue weighted by Crippen LogP contribution is -2.32. The Hall–Kier alpha value is -1.66. The number of aliphatic carboxylic acids is 1. The average Bonchev–Trinajstić information content (AvgIpc) is 2.16. The van der Waals surface area contributed by atoms with Gasteiger partial charge in [-0.2, -0.15) is 0 Å². The number of nitrogens with two attached hydrogens (primary N) is 1. The number of nitrogens with zero attached hydrogens (tertiary/aromatic N) is 1. The minimum absolute atomic E-state index is 0.133. The minimum Gasteiger partial charge on any atom is -0.480 e. The second-order valence-corrected chi connectivity index (χ2v) is 3.62. The molecule has 3 N–H and O–H groups in total. The zero-order chi connectivity index (χ0) is 12.3. The molecule has 0 aromatic heterocycles. The van der Waals surface area contributed by atoms with Gasteiger partial charge in [0.25, 0.3) is 5.69 Å². The molecule has 0 fully saturated rings. The average molecular weight is 245 g/mol. The Morgan fingerprint density at radius 1 is 1.62 bits per heavy atom. The van der Waals surface area contributed by atoms with Crippen molar-refractivity contribution in [2.24, 2.45) is 5.73 Å². The van der Waals surface area contributed by atoms with Crippen molar-refractivity contribution in [3.63, 3.8) is 0 Å². The van der Waals surface area contributed by atoms with Gasteiger partial charge in [0.1, 0.15) is 6.04 Å². The van der Waals surface area contributed by atoms with Gasteiger partial charge in [-0.15, -0.1) is 0 Å². The highest BCUT2D eigenvalue weighted by molar-refractivity contribution is 6.30. The predicted octanol–water partition coefficient (Wildman–Crippen LogP) is 1.20. The van der Waals surface area contributed by atoms with Crippen molar-refractivity contribution in [1.82, 2.24) is 0 Å². The van der Waals surface area contributed by atoms with Crippen molar-refractivity contribution in [2.45, 2.75) is 12.5 Å². The number of halogens is 1. The molecular formula is C9H9ClN2O4. The third-order valence-corrected chi connectivity index (χ3v) is 2.23. The molecule has 6 nitrogen and oxygen atoms in total. The molecule has 86 valence electrons. The van der Waals surface area contributed by atoms with E-state index in [-0.39, 0.29) is 17.7 Å². The Bertz CT molecular complexity index is 436. The van der Waals surface area contributed by atoms with E-state index in [9.17, 15) is 14.9 Å². The Kier molecular flexibility index (Phi) is 3.81. The molecule has 16 heavy (non-hydrogen) atoms. The van der Waals surface area contributed by atoms with Crippen molar-refractivity contribution in [2.75, 3.05) is 0 Å². The summed E-state index contributed by atoms with van der Waals surface area (Å²) in [4.78, 5) is 20.6. The SMILES string of the molecule is N[C@H](Cc1cc(Cl)ccc1[N+](=O)[O-])C(=O)O. The van der Waals surface area contributed by atoms with E-state index in [1.54, 1.807) is 0 Å². The molecule has 0 saturated heterocycles. The second kappa shape index (κ2) is 4.91. The topological polar surface area (TPSA) is 106 Å². The second-order valence-electron chi connectivity index (χ2n) is 3.18. The lowest BCUT2D eigenvalue weighted by Gasteiger charge is -2.07. The molecule has 1 aromatic rings. The van der Waals surface area contributed by atoms with Crippen LogP contribution in [0, 0.1) is 10.1 Å². The largest absolute Gasteiger partial charge is 0.480 e. The highest BCUT2D eigenvalue weighted by atomic mass is 35.5. The molecule has 0 unspecified atom stereocenters. The fourth-order valence-corrected chi connectivity index (χ4v) is 1.41. The minimum atomic E-state index is -1.21. The molecule has 1 aromatic carbocycles. The summed E-state index contributed by atoms with van der Waals surface area (Å²) >= 11 is 5.67. The number of benzene rings is 1. The fourth-order valence-electron chi connectivity index (χ4n) is 1.22. The molecule has 7 heteroatoms. The molecule has 0 aliphatic carbocycles. The van der Waals surface area contributed by atoms with Gasteiger partial charge in [0.05, 0.1) is 4.92 Å². The maximum atomic E-state index is 10.7. The van der Waals surface area contributed by atoms with Crippen LogP contribution in [0.5, 0.6) is 0 Å². The van der Waals surface area contributed by atoms with Gasteiger partial charge in [0.2, 0.25) is 0 Å². The molecule has 1 rings (SSSR count). The van der Waals surface area contributed by atoms with Crippen LogP contribution in [0.25, 0.3) is 0 Å². The van der Waals surface area contributed by atoms with Crippen LogP contribution in [-0.2, 0) is 11.2 Å². The lowest BCUT2D eigenvalue weighted by molar-refractivity contribution is -0.385. The summed E-state index contributed by atoms with van der Waals surface area (Å²) in [6.45, 7) is 0. The third-order valence-electron chi connectivity index (χ3n) is 2.00. The first kappa shape index (κ1) is 12.4. The van der Waals surface area contributed by atoms with E-state index >= 15 is 0 Å². The summed E-state index contributed by atoms with van der Waals surface area (Å²) in [6, 6.07) is 2.77. The first-order valence-corrected chi connectivity index (χ1v) is 4.71.